The molecule has 0 N–H and O–H groups in total. The minimum absolute atomic E-state index is 0.0205. The van der Waals surface area contributed by atoms with Crippen molar-refractivity contribution in [2.24, 2.45) is 0 Å². The second-order valence-corrected chi connectivity index (χ2v) is 7.33. The predicted molar refractivity (Wildman–Crippen MR) is 88.2 cm³/mol. The summed E-state index contributed by atoms with van der Waals surface area (Å²) >= 11 is 0. The fraction of sp³-hybridized carbons (Fsp3) is 0.611. The third kappa shape index (κ3) is 5.66. The zero-order valence-electron chi connectivity index (χ0n) is 14.8. The lowest BCUT2D eigenvalue weighted by atomic mass is 9.94. The minimum atomic E-state index is -2.78. The van der Waals surface area contributed by atoms with Gasteiger partial charge in [-0.1, -0.05) is 0 Å². The van der Waals surface area contributed by atoms with E-state index in [1.807, 2.05) is 6.07 Å². The summed E-state index contributed by atoms with van der Waals surface area (Å²) in [5.41, 5.74) is 0.483. The second kappa shape index (κ2) is 7.34. The van der Waals surface area contributed by atoms with Gasteiger partial charge in [0.1, 0.15) is 11.7 Å². The van der Waals surface area contributed by atoms with Crippen molar-refractivity contribution >= 4 is 6.09 Å². The van der Waals surface area contributed by atoms with Crippen molar-refractivity contribution in [2.45, 2.75) is 64.0 Å². The molecule has 1 aliphatic rings. The highest BCUT2D eigenvalue weighted by Crippen LogP contribution is 2.34. The molecule has 1 aliphatic heterocycles. The van der Waals surface area contributed by atoms with E-state index in [0.717, 1.165) is 0 Å². The molecule has 136 valence electrons. The van der Waals surface area contributed by atoms with Crippen LogP contribution in [0.5, 0.6) is 0 Å². The summed E-state index contributed by atoms with van der Waals surface area (Å²) in [6.07, 6.45) is 0.997. The monoisotopic (exact) mass is 351 g/mol. The Bertz CT molecular complexity index is 648. The number of rotatable bonds is 3. The molecule has 2 heterocycles. The smallest absolute Gasteiger partial charge is 0.410 e. The van der Waals surface area contributed by atoms with Gasteiger partial charge in [-0.15, -0.1) is 0 Å². The van der Waals surface area contributed by atoms with E-state index in [4.69, 9.17) is 10.00 Å². The summed E-state index contributed by atoms with van der Waals surface area (Å²) in [6.45, 7) is 5.23. The van der Waals surface area contributed by atoms with Crippen molar-refractivity contribution in [3.63, 3.8) is 0 Å². The molecule has 2 rings (SSSR count). The van der Waals surface area contributed by atoms with Crippen molar-refractivity contribution in [3.8, 4) is 6.07 Å². The SMILES string of the molecule is CC(C)(C)OC(=O)N1CCC(F)(F)CC1CCc1ccc(C#N)cn1. The lowest BCUT2D eigenvalue weighted by Gasteiger charge is -2.39. The van der Waals surface area contributed by atoms with Crippen LogP contribution in [0.4, 0.5) is 13.6 Å². The summed E-state index contributed by atoms with van der Waals surface area (Å²) in [5.74, 6) is -2.78. The van der Waals surface area contributed by atoms with Crippen molar-refractivity contribution in [1.82, 2.24) is 9.88 Å². The quantitative estimate of drug-likeness (QED) is 0.828. The van der Waals surface area contributed by atoms with Crippen LogP contribution in [0, 0.1) is 11.3 Å². The molecule has 0 aliphatic carbocycles. The molecule has 0 bridgehead atoms. The molecule has 0 saturated carbocycles. The molecule has 0 spiro atoms. The summed E-state index contributed by atoms with van der Waals surface area (Å²) in [4.78, 5) is 17.9. The number of pyridine rings is 1. The lowest BCUT2D eigenvalue weighted by molar-refractivity contribution is -0.0810. The number of likely N-dealkylation sites (tertiary alicyclic amines) is 1. The average molecular weight is 351 g/mol. The first kappa shape index (κ1) is 19.1. The van der Waals surface area contributed by atoms with Crippen molar-refractivity contribution < 1.29 is 18.3 Å². The number of nitrogens with zero attached hydrogens (tertiary/aromatic N) is 3. The van der Waals surface area contributed by atoms with Crippen LogP contribution < -0.4 is 0 Å². The van der Waals surface area contributed by atoms with E-state index in [0.29, 0.717) is 24.1 Å². The zero-order chi connectivity index (χ0) is 18.7. The van der Waals surface area contributed by atoms with E-state index in [-0.39, 0.29) is 19.4 Å². The van der Waals surface area contributed by atoms with Gasteiger partial charge in [-0.3, -0.25) is 4.98 Å². The van der Waals surface area contributed by atoms with E-state index < -0.39 is 23.7 Å². The Kier molecular flexibility index (Phi) is 5.61. The maximum absolute atomic E-state index is 13.8. The third-order valence-corrected chi connectivity index (χ3v) is 4.01. The van der Waals surface area contributed by atoms with Crippen molar-refractivity contribution in [2.75, 3.05) is 6.54 Å². The van der Waals surface area contributed by atoms with Crippen molar-refractivity contribution in [3.05, 3.63) is 29.6 Å². The molecule has 1 unspecified atom stereocenters. The summed E-state index contributed by atoms with van der Waals surface area (Å²) in [6, 6.07) is 4.73. The first-order chi connectivity index (χ1) is 11.6. The maximum Gasteiger partial charge on any atom is 0.410 e. The first-order valence-electron chi connectivity index (χ1n) is 8.32. The van der Waals surface area contributed by atoms with Gasteiger partial charge in [-0.25, -0.2) is 13.6 Å². The molecule has 1 atom stereocenters. The van der Waals surface area contributed by atoms with Crippen LogP contribution in [0.1, 0.15) is 51.3 Å². The van der Waals surface area contributed by atoms with Gasteiger partial charge in [0.25, 0.3) is 5.92 Å². The number of hydrogen-bond donors (Lipinski definition) is 0. The van der Waals surface area contributed by atoms with Gasteiger partial charge in [-0.05, 0) is 45.7 Å². The highest BCUT2D eigenvalue weighted by atomic mass is 19.3. The van der Waals surface area contributed by atoms with Crippen LogP contribution >= 0.6 is 0 Å². The van der Waals surface area contributed by atoms with Crippen LogP contribution in [0.2, 0.25) is 0 Å². The Hall–Kier alpha value is -2.23. The van der Waals surface area contributed by atoms with Gasteiger partial charge in [0.2, 0.25) is 0 Å². The van der Waals surface area contributed by atoms with E-state index in [1.165, 1.54) is 11.1 Å². The highest BCUT2D eigenvalue weighted by molar-refractivity contribution is 5.68. The minimum Gasteiger partial charge on any atom is -0.444 e. The number of piperidine rings is 1. The number of carbonyl (C=O) groups excluding carboxylic acids is 1. The number of ether oxygens (including phenoxy) is 1. The Morgan fingerprint density at radius 3 is 2.76 bits per heavy atom. The first-order valence-corrected chi connectivity index (χ1v) is 8.32. The van der Waals surface area contributed by atoms with E-state index >= 15 is 0 Å². The summed E-state index contributed by atoms with van der Waals surface area (Å²) in [7, 11) is 0. The van der Waals surface area contributed by atoms with Gasteiger partial charge in [0, 0.05) is 37.3 Å². The number of amides is 1. The molecule has 1 fully saturated rings. The van der Waals surface area contributed by atoms with Gasteiger partial charge in [0.15, 0.2) is 0 Å². The normalized spacial score (nSPS) is 20.0. The molecule has 5 nitrogen and oxygen atoms in total. The Morgan fingerprint density at radius 2 is 2.20 bits per heavy atom. The largest absolute Gasteiger partial charge is 0.444 e. The number of halogens is 2. The molecular weight excluding hydrogens is 328 g/mol. The Morgan fingerprint density at radius 1 is 1.48 bits per heavy atom. The molecule has 1 aromatic rings. The molecule has 0 radical (unpaired) electrons. The van der Waals surface area contributed by atoms with Gasteiger partial charge < -0.3 is 9.64 Å². The van der Waals surface area contributed by atoms with Crippen molar-refractivity contribution in [1.29, 1.82) is 5.26 Å². The number of aryl methyl sites for hydroxylation is 1. The third-order valence-electron chi connectivity index (χ3n) is 4.01. The number of aromatic nitrogens is 1. The van der Waals surface area contributed by atoms with Gasteiger partial charge in [-0.2, -0.15) is 5.26 Å². The van der Waals surface area contributed by atoms with E-state index in [1.54, 1.807) is 32.9 Å². The summed E-state index contributed by atoms with van der Waals surface area (Å²) in [5, 5.41) is 8.78. The zero-order valence-corrected chi connectivity index (χ0v) is 14.8. The Labute approximate surface area is 146 Å². The highest BCUT2D eigenvalue weighted by Gasteiger charge is 2.42. The predicted octanol–water partition coefficient (Wildman–Crippen LogP) is 3.92. The molecular formula is C18H23F2N3O2. The molecule has 7 heteroatoms. The van der Waals surface area contributed by atoms with E-state index in [9.17, 15) is 13.6 Å². The molecule has 25 heavy (non-hydrogen) atoms. The number of carbonyl (C=O) groups is 1. The lowest BCUT2D eigenvalue weighted by Crippen LogP contribution is -2.51. The molecule has 0 aromatic carbocycles. The number of hydrogen-bond acceptors (Lipinski definition) is 4. The maximum atomic E-state index is 13.8. The van der Waals surface area contributed by atoms with Crippen LogP contribution in [0.25, 0.3) is 0 Å². The molecule has 1 saturated heterocycles. The van der Waals surface area contributed by atoms with E-state index in [2.05, 4.69) is 4.98 Å². The van der Waals surface area contributed by atoms with Crippen LogP contribution in [-0.2, 0) is 11.2 Å². The van der Waals surface area contributed by atoms with Crippen LogP contribution in [0.3, 0.4) is 0 Å². The fourth-order valence-electron chi connectivity index (χ4n) is 2.80. The van der Waals surface area contributed by atoms with Crippen LogP contribution in [-0.4, -0.2) is 40.1 Å². The second-order valence-electron chi connectivity index (χ2n) is 7.33. The Balaban J connectivity index is 2.05. The number of nitriles is 1. The average Bonchev–Trinajstić information content (AvgIpc) is 2.51. The van der Waals surface area contributed by atoms with Gasteiger partial charge >= 0.3 is 6.09 Å². The summed E-state index contributed by atoms with van der Waals surface area (Å²) < 4.78 is 33.0. The number of alkyl halides is 2. The topological polar surface area (TPSA) is 66.2 Å². The standard InChI is InChI=1S/C18H23F2N3O2/c1-17(2,3)25-16(24)23-9-8-18(19,20)10-15(23)7-6-14-5-4-13(11-21)12-22-14/h4-5,12,15H,6-10H2,1-3H3. The van der Waals surface area contributed by atoms with Crippen LogP contribution in [0.15, 0.2) is 18.3 Å². The molecule has 1 amide bonds. The van der Waals surface area contributed by atoms with Gasteiger partial charge in [0.05, 0.1) is 5.56 Å². The molecule has 1 aromatic heterocycles. The fourth-order valence-corrected chi connectivity index (χ4v) is 2.80.